The highest BCUT2D eigenvalue weighted by Gasteiger charge is 2.48. The SMILES string of the molecule is CN1CCC(O)(C2CCOC3(CCOCC3)C2)C1. The lowest BCUT2D eigenvalue weighted by Crippen LogP contribution is -2.51. The first-order chi connectivity index (χ1) is 8.62. The zero-order valence-electron chi connectivity index (χ0n) is 11.4. The first-order valence-corrected chi connectivity index (χ1v) is 7.25. The quantitative estimate of drug-likeness (QED) is 0.760. The summed E-state index contributed by atoms with van der Waals surface area (Å²) in [5.41, 5.74) is -0.484. The van der Waals surface area contributed by atoms with E-state index in [1.54, 1.807) is 0 Å². The zero-order valence-corrected chi connectivity index (χ0v) is 11.4. The lowest BCUT2D eigenvalue weighted by atomic mass is 9.73. The molecular weight excluding hydrogens is 230 g/mol. The van der Waals surface area contributed by atoms with Gasteiger partial charge in [-0.2, -0.15) is 0 Å². The molecule has 3 aliphatic rings. The number of nitrogens with zero attached hydrogens (tertiary/aromatic N) is 1. The molecule has 0 aromatic carbocycles. The van der Waals surface area contributed by atoms with Crippen LogP contribution in [0.15, 0.2) is 0 Å². The minimum Gasteiger partial charge on any atom is -0.388 e. The van der Waals surface area contributed by atoms with Gasteiger partial charge in [-0.05, 0) is 45.1 Å². The Morgan fingerprint density at radius 2 is 1.94 bits per heavy atom. The van der Waals surface area contributed by atoms with E-state index in [2.05, 4.69) is 11.9 Å². The summed E-state index contributed by atoms with van der Waals surface area (Å²) in [4.78, 5) is 2.24. The standard InChI is InChI=1S/C14H25NO3/c1-15-6-3-14(16,11-15)12-2-7-18-13(10-12)4-8-17-9-5-13/h12,16H,2-11H2,1H3. The van der Waals surface area contributed by atoms with Gasteiger partial charge in [0.1, 0.15) is 0 Å². The second-order valence-electron chi connectivity index (χ2n) is 6.42. The van der Waals surface area contributed by atoms with E-state index in [1.807, 2.05) is 0 Å². The van der Waals surface area contributed by atoms with Crippen LogP contribution in [-0.2, 0) is 9.47 Å². The number of β-amino-alcohol motifs (C(OH)–C–C–N with tert-alkyl or cyclic N) is 1. The number of ether oxygens (including phenoxy) is 2. The van der Waals surface area contributed by atoms with Gasteiger partial charge < -0.3 is 19.5 Å². The van der Waals surface area contributed by atoms with Crippen molar-refractivity contribution >= 4 is 0 Å². The van der Waals surface area contributed by atoms with Gasteiger partial charge in [-0.3, -0.25) is 0 Å². The molecule has 104 valence electrons. The zero-order chi connectivity index (χ0) is 12.6. The Balaban J connectivity index is 1.70. The van der Waals surface area contributed by atoms with Gasteiger partial charge in [-0.1, -0.05) is 0 Å². The van der Waals surface area contributed by atoms with Crippen molar-refractivity contribution in [2.24, 2.45) is 5.92 Å². The average molecular weight is 255 g/mol. The Bertz CT molecular complexity index is 298. The maximum absolute atomic E-state index is 10.9. The third kappa shape index (κ3) is 2.31. The number of aliphatic hydroxyl groups is 1. The van der Waals surface area contributed by atoms with E-state index < -0.39 is 5.60 Å². The van der Waals surface area contributed by atoms with E-state index in [1.165, 1.54) is 0 Å². The summed E-state index contributed by atoms with van der Waals surface area (Å²) in [7, 11) is 2.10. The Morgan fingerprint density at radius 1 is 1.17 bits per heavy atom. The third-order valence-electron chi connectivity index (χ3n) is 5.13. The van der Waals surface area contributed by atoms with Gasteiger partial charge in [0.05, 0.1) is 11.2 Å². The molecular formula is C14H25NO3. The second kappa shape index (κ2) is 4.75. The predicted molar refractivity (Wildman–Crippen MR) is 68.5 cm³/mol. The molecule has 1 spiro atoms. The van der Waals surface area contributed by atoms with Gasteiger partial charge in [0, 0.05) is 32.9 Å². The van der Waals surface area contributed by atoms with Crippen LogP contribution in [0.1, 0.15) is 32.1 Å². The molecule has 3 heterocycles. The van der Waals surface area contributed by atoms with Crippen LogP contribution in [0.5, 0.6) is 0 Å². The van der Waals surface area contributed by atoms with E-state index >= 15 is 0 Å². The molecule has 3 aliphatic heterocycles. The molecule has 0 aromatic rings. The highest BCUT2D eigenvalue weighted by Crippen LogP contribution is 2.43. The molecule has 0 aliphatic carbocycles. The van der Waals surface area contributed by atoms with Crippen molar-refractivity contribution in [1.82, 2.24) is 4.90 Å². The molecule has 3 fully saturated rings. The van der Waals surface area contributed by atoms with Crippen LogP contribution >= 0.6 is 0 Å². The van der Waals surface area contributed by atoms with E-state index in [0.717, 1.165) is 65.0 Å². The maximum Gasteiger partial charge on any atom is 0.0816 e. The first-order valence-electron chi connectivity index (χ1n) is 7.25. The van der Waals surface area contributed by atoms with Crippen LogP contribution in [0.2, 0.25) is 0 Å². The van der Waals surface area contributed by atoms with E-state index in [0.29, 0.717) is 5.92 Å². The number of hydrogen-bond acceptors (Lipinski definition) is 4. The van der Waals surface area contributed by atoms with Crippen molar-refractivity contribution < 1.29 is 14.6 Å². The van der Waals surface area contributed by atoms with Crippen LogP contribution in [0, 0.1) is 5.92 Å². The van der Waals surface area contributed by atoms with Gasteiger partial charge in [-0.25, -0.2) is 0 Å². The largest absolute Gasteiger partial charge is 0.388 e. The molecule has 2 unspecified atom stereocenters. The Labute approximate surface area is 109 Å². The van der Waals surface area contributed by atoms with Crippen LogP contribution in [0.25, 0.3) is 0 Å². The summed E-state index contributed by atoms with van der Waals surface area (Å²) in [5.74, 6) is 0.397. The molecule has 0 aromatic heterocycles. The summed E-state index contributed by atoms with van der Waals surface area (Å²) in [6, 6.07) is 0. The van der Waals surface area contributed by atoms with Gasteiger partial charge in [-0.15, -0.1) is 0 Å². The Kier molecular flexibility index (Phi) is 3.39. The summed E-state index contributed by atoms with van der Waals surface area (Å²) in [6.07, 6.45) is 4.93. The van der Waals surface area contributed by atoms with Crippen LogP contribution in [0.4, 0.5) is 0 Å². The molecule has 0 radical (unpaired) electrons. The highest BCUT2D eigenvalue weighted by molar-refractivity contribution is 5.00. The van der Waals surface area contributed by atoms with E-state index in [4.69, 9.17) is 9.47 Å². The van der Waals surface area contributed by atoms with E-state index in [9.17, 15) is 5.11 Å². The predicted octanol–water partition coefficient (Wildman–Crippen LogP) is 1.03. The molecule has 3 rings (SSSR count). The minimum absolute atomic E-state index is 0.00193. The van der Waals surface area contributed by atoms with Crippen molar-refractivity contribution in [1.29, 1.82) is 0 Å². The maximum atomic E-state index is 10.9. The fourth-order valence-electron chi connectivity index (χ4n) is 3.92. The summed E-state index contributed by atoms with van der Waals surface area (Å²) in [6.45, 7) is 4.26. The molecule has 2 atom stereocenters. The molecule has 18 heavy (non-hydrogen) atoms. The number of likely N-dealkylation sites (tertiary alicyclic amines) is 1. The normalized spacial score (nSPS) is 41.3. The van der Waals surface area contributed by atoms with Crippen LogP contribution < -0.4 is 0 Å². The molecule has 0 bridgehead atoms. The van der Waals surface area contributed by atoms with E-state index in [-0.39, 0.29) is 5.60 Å². The Morgan fingerprint density at radius 3 is 2.61 bits per heavy atom. The second-order valence-corrected chi connectivity index (χ2v) is 6.42. The number of likely N-dealkylation sites (N-methyl/N-ethyl adjacent to an activating group) is 1. The first kappa shape index (κ1) is 12.9. The van der Waals surface area contributed by atoms with Gasteiger partial charge in [0.15, 0.2) is 0 Å². The topological polar surface area (TPSA) is 41.9 Å². The van der Waals surface area contributed by atoms with Gasteiger partial charge in [0.2, 0.25) is 0 Å². The number of rotatable bonds is 1. The molecule has 1 N–H and O–H groups in total. The van der Waals surface area contributed by atoms with Crippen molar-refractivity contribution in [2.75, 3.05) is 40.0 Å². The van der Waals surface area contributed by atoms with Crippen molar-refractivity contribution in [3.8, 4) is 0 Å². The van der Waals surface area contributed by atoms with Crippen LogP contribution in [0.3, 0.4) is 0 Å². The van der Waals surface area contributed by atoms with Crippen LogP contribution in [-0.4, -0.2) is 61.2 Å². The average Bonchev–Trinajstić information content (AvgIpc) is 2.72. The minimum atomic E-state index is -0.482. The molecule has 0 saturated carbocycles. The summed E-state index contributed by atoms with van der Waals surface area (Å²) >= 11 is 0. The fraction of sp³-hybridized carbons (Fsp3) is 1.00. The van der Waals surface area contributed by atoms with Crippen molar-refractivity contribution in [2.45, 2.75) is 43.3 Å². The molecule has 4 heteroatoms. The lowest BCUT2D eigenvalue weighted by molar-refractivity contribution is -0.172. The number of hydrogen-bond donors (Lipinski definition) is 1. The Hall–Kier alpha value is -0.160. The lowest BCUT2D eigenvalue weighted by Gasteiger charge is -2.47. The molecule has 3 saturated heterocycles. The molecule has 4 nitrogen and oxygen atoms in total. The van der Waals surface area contributed by atoms with Crippen molar-refractivity contribution in [3.05, 3.63) is 0 Å². The third-order valence-corrected chi connectivity index (χ3v) is 5.13. The smallest absolute Gasteiger partial charge is 0.0816 e. The fourth-order valence-corrected chi connectivity index (χ4v) is 3.92. The van der Waals surface area contributed by atoms with Crippen molar-refractivity contribution in [3.63, 3.8) is 0 Å². The van der Waals surface area contributed by atoms with Gasteiger partial charge >= 0.3 is 0 Å². The van der Waals surface area contributed by atoms with Gasteiger partial charge in [0.25, 0.3) is 0 Å². The summed E-state index contributed by atoms with van der Waals surface area (Å²) in [5, 5.41) is 10.9. The highest BCUT2D eigenvalue weighted by atomic mass is 16.5. The summed E-state index contributed by atoms with van der Waals surface area (Å²) < 4.78 is 11.5. The molecule has 0 amide bonds. The monoisotopic (exact) mass is 255 g/mol.